The summed E-state index contributed by atoms with van der Waals surface area (Å²) in [5, 5.41) is 18.5. The van der Waals surface area contributed by atoms with E-state index in [4.69, 9.17) is 9.66 Å². The summed E-state index contributed by atoms with van der Waals surface area (Å²) in [6.45, 7) is 1.90. The SMILES string of the molecule is Cc1ccc(CC(O)C(O)S(=O)(=O)O)cc1. The van der Waals surface area contributed by atoms with Gasteiger partial charge in [0.1, 0.15) is 6.10 Å². The molecular formula is C10H14O5S. The third-order valence-electron chi connectivity index (χ3n) is 2.20. The second kappa shape index (κ2) is 4.92. The number of aliphatic hydroxyl groups excluding tert-OH is 2. The summed E-state index contributed by atoms with van der Waals surface area (Å²) in [5.41, 5.74) is -0.455. The second-order valence-corrected chi connectivity index (χ2v) is 5.18. The van der Waals surface area contributed by atoms with Crippen LogP contribution in [0.3, 0.4) is 0 Å². The van der Waals surface area contributed by atoms with Gasteiger partial charge < -0.3 is 10.2 Å². The lowest BCUT2D eigenvalue weighted by Gasteiger charge is -2.14. The topological polar surface area (TPSA) is 94.8 Å². The highest BCUT2D eigenvalue weighted by Gasteiger charge is 2.28. The molecule has 0 aliphatic carbocycles. The van der Waals surface area contributed by atoms with Crippen molar-refractivity contribution < 1.29 is 23.2 Å². The molecule has 0 saturated heterocycles. The first kappa shape index (κ1) is 13.1. The van der Waals surface area contributed by atoms with Crippen molar-refractivity contribution in [3.05, 3.63) is 35.4 Å². The fourth-order valence-electron chi connectivity index (χ4n) is 1.26. The second-order valence-electron chi connectivity index (χ2n) is 3.66. The smallest absolute Gasteiger partial charge is 0.294 e. The lowest BCUT2D eigenvalue weighted by molar-refractivity contribution is 0.0628. The van der Waals surface area contributed by atoms with E-state index in [-0.39, 0.29) is 6.42 Å². The monoisotopic (exact) mass is 246 g/mol. The summed E-state index contributed by atoms with van der Waals surface area (Å²) in [6.07, 6.45) is -1.58. The van der Waals surface area contributed by atoms with Crippen LogP contribution in [0.4, 0.5) is 0 Å². The fourth-order valence-corrected chi connectivity index (χ4v) is 1.76. The maximum Gasteiger partial charge on any atom is 0.294 e. The van der Waals surface area contributed by atoms with E-state index in [1.54, 1.807) is 12.1 Å². The molecule has 2 unspecified atom stereocenters. The highest BCUT2D eigenvalue weighted by Crippen LogP contribution is 2.10. The van der Waals surface area contributed by atoms with E-state index < -0.39 is 21.7 Å². The molecule has 0 aromatic heterocycles. The predicted octanol–water partition coefficient (Wildman–Crippen LogP) is 0.105. The van der Waals surface area contributed by atoms with Crippen molar-refractivity contribution in [1.29, 1.82) is 0 Å². The standard InChI is InChI=1S/C10H14O5S/c1-7-2-4-8(5-3-7)6-9(11)10(12)16(13,14)15/h2-5,9-12H,6H2,1H3,(H,13,14,15). The zero-order chi connectivity index (χ0) is 12.3. The molecule has 1 aromatic carbocycles. The van der Waals surface area contributed by atoms with Gasteiger partial charge in [-0.2, -0.15) is 8.42 Å². The molecule has 5 nitrogen and oxygen atoms in total. The van der Waals surface area contributed by atoms with Gasteiger partial charge in [-0.25, -0.2) is 0 Å². The molecule has 2 atom stereocenters. The van der Waals surface area contributed by atoms with Crippen molar-refractivity contribution in [2.24, 2.45) is 0 Å². The first-order valence-electron chi connectivity index (χ1n) is 4.68. The van der Waals surface area contributed by atoms with Gasteiger partial charge in [-0.1, -0.05) is 29.8 Å². The molecule has 90 valence electrons. The first-order valence-corrected chi connectivity index (χ1v) is 6.19. The van der Waals surface area contributed by atoms with Crippen LogP contribution in [0.5, 0.6) is 0 Å². The number of hydrogen-bond acceptors (Lipinski definition) is 4. The van der Waals surface area contributed by atoms with Gasteiger partial charge in [-0.05, 0) is 12.5 Å². The van der Waals surface area contributed by atoms with E-state index in [9.17, 15) is 13.5 Å². The zero-order valence-corrected chi connectivity index (χ0v) is 9.55. The molecule has 0 aliphatic rings. The molecular weight excluding hydrogens is 232 g/mol. The predicted molar refractivity (Wildman–Crippen MR) is 58.4 cm³/mol. The van der Waals surface area contributed by atoms with Gasteiger partial charge in [0.2, 0.25) is 5.44 Å². The van der Waals surface area contributed by atoms with E-state index in [1.807, 2.05) is 19.1 Å². The Balaban J connectivity index is 2.71. The van der Waals surface area contributed by atoms with Gasteiger partial charge in [0.05, 0.1) is 0 Å². The van der Waals surface area contributed by atoms with Gasteiger partial charge in [0, 0.05) is 6.42 Å². The average molecular weight is 246 g/mol. The molecule has 3 N–H and O–H groups in total. The Morgan fingerprint density at radius 1 is 1.19 bits per heavy atom. The molecule has 0 spiro atoms. The van der Waals surface area contributed by atoms with Gasteiger partial charge in [-0.3, -0.25) is 4.55 Å². The van der Waals surface area contributed by atoms with Gasteiger partial charge >= 0.3 is 0 Å². The fraction of sp³-hybridized carbons (Fsp3) is 0.400. The van der Waals surface area contributed by atoms with Crippen LogP contribution in [0.25, 0.3) is 0 Å². The minimum absolute atomic E-state index is 0.0404. The molecule has 1 rings (SSSR count). The number of aryl methyl sites for hydroxylation is 1. The highest BCUT2D eigenvalue weighted by atomic mass is 32.2. The van der Waals surface area contributed by atoms with Crippen LogP contribution >= 0.6 is 0 Å². The summed E-state index contributed by atoms with van der Waals surface area (Å²) in [4.78, 5) is 0. The lowest BCUT2D eigenvalue weighted by atomic mass is 10.1. The molecule has 6 heteroatoms. The van der Waals surface area contributed by atoms with Crippen molar-refractivity contribution >= 4 is 10.1 Å². The summed E-state index contributed by atoms with van der Waals surface area (Å²) in [5.74, 6) is 0. The van der Waals surface area contributed by atoms with Crippen LogP contribution in [0, 0.1) is 6.92 Å². The van der Waals surface area contributed by atoms with Crippen LogP contribution < -0.4 is 0 Å². The van der Waals surface area contributed by atoms with E-state index >= 15 is 0 Å². The summed E-state index contributed by atoms with van der Waals surface area (Å²) < 4.78 is 29.7. The average Bonchev–Trinajstić information content (AvgIpc) is 2.19. The van der Waals surface area contributed by atoms with E-state index in [1.165, 1.54) is 0 Å². The van der Waals surface area contributed by atoms with Crippen LogP contribution in [0.2, 0.25) is 0 Å². The third kappa shape index (κ3) is 3.57. The number of benzene rings is 1. The Morgan fingerprint density at radius 2 is 1.69 bits per heavy atom. The van der Waals surface area contributed by atoms with Crippen LogP contribution in [-0.2, 0) is 16.5 Å². The van der Waals surface area contributed by atoms with Crippen molar-refractivity contribution in [3.63, 3.8) is 0 Å². The largest absolute Gasteiger partial charge is 0.389 e. The third-order valence-corrected chi connectivity index (χ3v) is 3.12. The Kier molecular flexibility index (Phi) is 4.03. The molecule has 0 aliphatic heterocycles. The van der Waals surface area contributed by atoms with E-state index in [0.717, 1.165) is 5.56 Å². The first-order chi connectivity index (χ1) is 7.30. The summed E-state index contributed by atoms with van der Waals surface area (Å²) in [7, 11) is -4.62. The molecule has 0 amide bonds. The maximum atomic E-state index is 10.6. The molecule has 0 bridgehead atoms. The molecule has 0 fully saturated rings. The van der Waals surface area contributed by atoms with E-state index in [0.29, 0.717) is 5.56 Å². The van der Waals surface area contributed by atoms with Crippen molar-refractivity contribution in [1.82, 2.24) is 0 Å². The van der Waals surface area contributed by atoms with Gasteiger partial charge in [0.15, 0.2) is 0 Å². The molecule has 0 heterocycles. The number of aliphatic hydroxyl groups is 2. The van der Waals surface area contributed by atoms with E-state index in [2.05, 4.69) is 0 Å². The molecule has 1 aromatic rings. The Morgan fingerprint density at radius 3 is 2.12 bits per heavy atom. The number of hydrogen-bond donors (Lipinski definition) is 3. The quantitative estimate of drug-likeness (QED) is 0.655. The molecule has 0 saturated carbocycles. The molecule has 0 radical (unpaired) electrons. The maximum absolute atomic E-state index is 10.6. The summed E-state index contributed by atoms with van der Waals surface area (Å²) in [6, 6.07) is 7.05. The highest BCUT2D eigenvalue weighted by molar-refractivity contribution is 7.86. The van der Waals surface area contributed by atoms with Gasteiger partial charge in [-0.15, -0.1) is 0 Å². The van der Waals surface area contributed by atoms with Crippen LogP contribution in [0.1, 0.15) is 11.1 Å². The van der Waals surface area contributed by atoms with Crippen LogP contribution in [0.15, 0.2) is 24.3 Å². The van der Waals surface area contributed by atoms with Crippen LogP contribution in [-0.4, -0.2) is 34.7 Å². The normalized spacial score (nSPS) is 15.8. The Labute approximate surface area is 94.1 Å². The van der Waals surface area contributed by atoms with Gasteiger partial charge in [0.25, 0.3) is 10.1 Å². The van der Waals surface area contributed by atoms with Crippen molar-refractivity contribution in [3.8, 4) is 0 Å². The Hall–Kier alpha value is -0.950. The molecule has 16 heavy (non-hydrogen) atoms. The van der Waals surface area contributed by atoms with Crippen molar-refractivity contribution in [2.45, 2.75) is 24.9 Å². The zero-order valence-electron chi connectivity index (χ0n) is 8.74. The Bertz CT molecular complexity index is 437. The minimum atomic E-state index is -4.62. The number of rotatable bonds is 4. The minimum Gasteiger partial charge on any atom is -0.389 e. The van der Waals surface area contributed by atoms with Crippen molar-refractivity contribution in [2.75, 3.05) is 0 Å². The lowest BCUT2D eigenvalue weighted by Crippen LogP contribution is -2.35. The summed E-state index contributed by atoms with van der Waals surface area (Å²) >= 11 is 0.